The Bertz CT molecular complexity index is 533. The lowest BCUT2D eigenvalue weighted by atomic mass is 9.90. The van der Waals surface area contributed by atoms with Crippen LogP contribution in [0.25, 0.3) is 0 Å². The lowest BCUT2D eigenvalue weighted by Gasteiger charge is -2.38. The highest BCUT2D eigenvalue weighted by Gasteiger charge is 2.31. The summed E-state index contributed by atoms with van der Waals surface area (Å²) < 4.78 is 4.79. The lowest BCUT2D eigenvalue weighted by molar-refractivity contribution is -0.107. The third-order valence-corrected chi connectivity index (χ3v) is 4.99. The van der Waals surface area contributed by atoms with Crippen molar-refractivity contribution in [3.8, 4) is 5.75 Å². The van der Waals surface area contributed by atoms with Gasteiger partial charge in [-0.2, -0.15) is 0 Å². The minimum absolute atomic E-state index is 0.458. The molecule has 1 aromatic rings. The summed E-state index contributed by atoms with van der Waals surface area (Å²) in [6, 6.07) is 8.00. The number of piperazine rings is 1. The van der Waals surface area contributed by atoms with Crippen molar-refractivity contribution in [2.45, 2.75) is 58.8 Å². The van der Waals surface area contributed by atoms with E-state index in [0.717, 1.165) is 31.9 Å². The van der Waals surface area contributed by atoms with Crippen molar-refractivity contribution in [1.82, 2.24) is 4.90 Å². The highest BCUT2D eigenvalue weighted by atomic mass is 16.6. The van der Waals surface area contributed by atoms with Crippen LogP contribution in [0.1, 0.15) is 41.5 Å². The SMILES string of the molecule is CC(C)(O)C(C)(C)O.CC(C)N1CCN(c2ccc(OB(O)O)cc2)CC1. The smallest absolute Gasteiger partial charge is 0.512 e. The molecule has 4 N–H and O–H groups in total. The largest absolute Gasteiger partial charge is 0.707 e. The first-order valence-electron chi connectivity index (χ1n) is 9.38. The van der Waals surface area contributed by atoms with Gasteiger partial charge in [0.05, 0.1) is 11.2 Å². The molecule has 1 aromatic carbocycles. The normalized spacial score (nSPS) is 16.0. The van der Waals surface area contributed by atoms with E-state index in [0.29, 0.717) is 11.8 Å². The fraction of sp³-hybridized carbons (Fsp3) is 0.684. The molecule has 1 aliphatic heterocycles. The van der Waals surface area contributed by atoms with E-state index >= 15 is 0 Å². The number of rotatable bonds is 5. The maximum absolute atomic E-state index is 9.10. The van der Waals surface area contributed by atoms with Gasteiger partial charge < -0.3 is 29.8 Å². The molecule has 8 heteroatoms. The fourth-order valence-corrected chi connectivity index (χ4v) is 2.35. The highest BCUT2D eigenvalue weighted by Crippen LogP contribution is 2.21. The van der Waals surface area contributed by atoms with Crippen LogP contribution >= 0.6 is 0 Å². The average molecular weight is 382 g/mol. The van der Waals surface area contributed by atoms with E-state index in [2.05, 4.69) is 23.6 Å². The molecule has 1 aliphatic rings. The second-order valence-corrected chi connectivity index (χ2v) is 8.17. The summed E-state index contributed by atoms with van der Waals surface area (Å²) in [6.07, 6.45) is 0. The molecule has 0 unspecified atom stereocenters. The van der Waals surface area contributed by atoms with E-state index in [1.807, 2.05) is 12.1 Å². The minimum atomic E-state index is -1.76. The van der Waals surface area contributed by atoms with E-state index in [1.165, 1.54) is 0 Å². The van der Waals surface area contributed by atoms with Gasteiger partial charge in [0.2, 0.25) is 0 Å². The van der Waals surface area contributed by atoms with Gasteiger partial charge >= 0.3 is 7.32 Å². The molecule has 0 bridgehead atoms. The third kappa shape index (κ3) is 8.07. The summed E-state index contributed by atoms with van der Waals surface area (Å²) in [5.41, 5.74) is -0.872. The summed E-state index contributed by atoms with van der Waals surface area (Å²) >= 11 is 0. The van der Waals surface area contributed by atoms with Gasteiger partial charge in [-0.1, -0.05) is 0 Å². The van der Waals surface area contributed by atoms with Crippen LogP contribution in [0.15, 0.2) is 24.3 Å². The van der Waals surface area contributed by atoms with Crippen molar-refractivity contribution in [3.63, 3.8) is 0 Å². The number of anilines is 1. The van der Waals surface area contributed by atoms with E-state index < -0.39 is 18.5 Å². The Morgan fingerprint density at radius 3 is 1.67 bits per heavy atom. The van der Waals surface area contributed by atoms with Gasteiger partial charge in [0.15, 0.2) is 0 Å². The highest BCUT2D eigenvalue weighted by molar-refractivity contribution is 6.33. The average Bonchev–Trinajstić information content (AvgIpc) is 2.54. The van der Waals surface area contributed by atoms with Crippen LogP contribution in [0, 0.1) is 0 Å². The monoisotopic (exact) mass is 382 g/mol. The topological polar surface area (TPSA) is 96.6 Å². The maximum atomic E-state index is 9.10. The Morgan fingerprint density at radius 1 is 0.889 bits per heavy atom. The van der Waals surface area contributed by atoms with Crippen LogP contribution in [0.3, 0.4) is 0 Å². The van der Waals surface area contributed by atoms with Gasteiger partial charge in [0, 0.05) is 37.9 Å². The Balaban J connectivity index is 0.000000387. The van der Waals surface area contributed by atoms with Gasteiger partial charge in [-0.25, -0.2) is 0 Å². The number of aliphatic hydroxyl groups is 2. The molecule has 1 saturated heterocycles. The van der Waals surface area contributed by atoms with Crippen LogP contribution in [0.5, 0.6) is 5.75 Å². The summed E-state index contributed by atoms with van der Waals surface area (Å²) in [4.78, 5) is 4.80. The molecule has 1 heterocycles. The molecule has 7 nitrogen and oxygen atoms in total. The molecule has 154 valence electrons. The lowest BCUT2D eigenvalue weighted by Crippen LogP contribution is -2.48. The summed E-state index contributed by atoms with van der Waals surface area (Å²) in [7, 11) is -1.76. The van der Waals surface area contributed by atoms with Crippen molar-refractivity contribution < 1.29 is 24.9 Å². The second-order valence-electron chi connectivity index (χ2n) is 8.17. The van der Waals surface area contributed by atoms with Gasteiger partial charge in [0.25, 0.3) is 0 Å². The van der Waals surface area contributed by atoms with Crippen molar-refractivity contribution >= 4 is 13.0 Å². The number of benzene rings is 1. The van der Waals surface area contributed by atoms with Crippen LogP contribution in [-0.2, 0) is 0 Å². The molecule has 0 amide bonds. The predicted molar refractivity (Wildman–Crippen MR) is 109 cm³/mol. The third-order valence-electron chi connectivity index (χ3n) is 4.99. The Labute approximate surface area is 163 Å². The van der Waals surface area contributed by atoms with Gasteiger partial charge in [-0.3, -0.25) is 4.90 Å². The molecular weight excluding hydrogens is 347 g/mol. The Kier molecular flexibility index (Phi) is 8.57. The molecule has 1 fully saturated rings. The zero-order valence-corrected chi connectivity index (χ0v) is 17.4. The molecule has 0 atom stereocenters. The number of nitrogens with zero attached hydrogens (tertiary/aromatic N) is 2. The standard InChI is InChI=1S/C13H21BN2O3.C6H14O2/c1-11(2)15-7-9-16(10-8-15)12-3-5-13(6-4-12)19-14(17)18;1-5(2,7)6(3,4)8/h3-6,11,17-18H,7-10H2,1-2H3;7-8H,1-4H3. The molecule has 27 heavy (non-hydrogen) atoms. The van der Waals surface area contributed by atoms with Crippen molar-refractivity contribution in [1.29, 1.82) is 0 Å². The summed E-state index contributed by atoms with van der Waals surface area (Å²) in [6.45, 7) is 14.9. The quantitative estimate of drug-likeness (QED) is 0.566. The van der Waals surface area contributed by atoms with E-state index in [-0.39, 0.29) is 0 Å². The van der Waals surface area contributed by atoms with E-state index in [4.69, 9.17) is 24.9 Å². The van der Waals surface area contributed by atoms with E-state index in [1.54, 1.807) is 39.8 Å². The zero-order chi connectivity index (χ0) is 20.8. The first-order chi connectivity index (χ1) is 12.3. The van der Waals surface area contributed by atoms with Crippen LogP contribution in [-0.4, -0.2) is 75.9 Å². The minimum Gasteiger partial charge on any atom is -0.512 e. The van der Waals surface area contributed by atoms with Crippen molar-refractivity contribution in [2.75, 3.05) is 31.1 Å². The summed E-state index contributed by atoms with van der Waals surface area (Å²) in [5, 5.41) is 35.7. The van der Waals surface area contributed by atoms with Gasteiger partial charge in [-0.05, 0) is 65.8 Å². The van der Waals surface area contributed by atoms with Crippen LogP contribution in [0.4, 0.5) is 5.69 Å². The molecule has 0 aliphatic carbocycles. The van der Waals surface area contributed by atoms with Crippen molar-refractivity contribution in [2.24, 2.45) is 0 Å². The predicted octanol–water partition coefficient (Wildman–Crippen LogP) is 1.09. The van der Waals surface area contributed by atoms with Gasteiger partial charge in [-0.15, -0.1) is 0 Å². The molecule has 0 saturated carbocycles. The molecule has 2 rings (SSSR count). The number of hydrogen-bond donors (Lipinski definition) is 4. The molecule has 0 aromatic heterocycles. The fourth-order valence-electron chi connectivity index (χ4n) is 2.35. The Hall–Kier alpha value is -1.32. The number of hydrogen-bond acceptors (Lipinski definition) is 7. The van der Waals surface area contributed by atoms with Crippen LogP contribution < -0.4 is 9.55 Å². The molecule has 0 spiro atoms. The first kappa shape index (κ1) is 23.7. The second kappa shape index (κ2) is 9.75. The van der Waals surface area contributed by atoms with E-state index in [9.17, 15) is 0 Å². The maximum Gasteiger partial charge on any atom is 0.707 e. The Morgan fingerprint density at radius 2 is 1.33 bits per heavy atom. The summed E-state index contributed by atoms with van der Waals surface area (Å²) in [5.74, 6) is 0.458. The molecular formula is C19H35BN2O5. The van der Waals surface area contributed by atoms with Crippen molar-refractivity contribution in [3.05, 3.63) is 24.3 Å². The van der Waals surface area contributed by atoms with Gasteiger partial charge in [0.1, 0.15) is 5.75 Å². The van der Waals surface area contributed by atoms with Crippen LogP contribution in [0.2, 0.25) is 0 Å². The zero-order valence-electron chi connectivity index (χ0n) is 17.4. The first-order valence-corrected chi connectivity index (χ1v) is 9.38. The molecule has 0 radical (unpaired) electrons.